The van der Waals surface area contributed by atoms with E-state index in [4.69, 9.17) is 37.9 Å². The summed E-state index contributed by atoms with van der Waals surface area (Å²) in [7, 11) is 0. The second-order valence-electron chi connectivity index (χ2n) is 7.24. The molecule has 0 aliphatic heterocycles. The number of carbonyl (C=O) groups excluding carboxylic acids is 1. The van der Waals surface area contributed by atoms with Gasteiger partial charge in [0.1, 0.15) is 22.8 Å². The molecular weight excluding hydrogens is 484 g/mol. The zero-order chi connectivity index (χ0) is 26.9. The molecular formula is C27H36O10. The molecule has 0 aliphatic rings. The second kappa shape index (κ2) is 17.2. The van der Waals surface area contributed by atoms with Crippen LogP contribution in [0.15, 0.2) is 36.4 Å². The van der Waals surface area contributed by atoms with Crippen molar-refractivity contribution in [2.75, 3.05) is 53.6 Å². The maximum atomic E-state index is 13.1. The summed E-state index contributed by atoms with van der Waals surface area (Å²) in [5.74, 6) is 0.543. The molecule has 0 saturated heterocycles. The van der Waals surface area contributed by atoms with Crippen molar-refractivity contribution in [1.29, 1.82) is 0 Å². The van der Waals surface area contributed by atoms with Crippen molar-refractivity contribution in [3.63, 3.8) is 0 Å². The molecule has 0 aromatic heterocycles. The highest BCUT2D eigenvalue weighted by molar-refractivity contribution is 6.10. The first-order valence-electron chi connectivity index (χ1n) is 12.1. The molecule has 0 saturated carbocycles. The third-order valence-electron chi connectivity index (χ3n) is 4.71. The number of ether oxygens (including phenoxy) is 8. The number of benzene rings is 2. The highest BCUT2D eigenvalue weighted by Crippen LogP contribution is 2.35. The summed E-state index contributed by atoms with van der Waals surface area (Å²) in [5, 5.41) is 10.6. The van der Waals surface area contributed by atoms with E-state index < -0.39 is 5.78 Å². The van der Waals surface area contributed by atoms with Crippen molar-refractivity contribution in [2.24, 2.45) is 0 Å². The Kier molecular flexibility index (Phi) is 13.9. The van der Waals surface area contributed by atoms with Crippen LogP contribution in [0.25, 0.3) is 6.08 Å². The molecule has 37 heavy (non-hydrogen) atoms. The van der Waals surface area contributed by atoms with Gasteiger partial charge in [-0.3, -0.25) is 4.79 Å². The van der Waals surface area contributed by atoms with Gasteiger partial charge < -0.3 is 43.0 Å². The number of hydrogen-bond donors (Lipinski definition) is 1. The minimum absolute atomic E-state index is 0.00792. The van der Waals surface area contributed by atoms with Crippen LogP contribution in [0.4, 0.5) is 0 Å². The second-order valence-corrected chi connectivity index (χ2v) is 7.24. The monoisotopic (exact) mass is 520 g/mol. The van der Waals surface area contributed by atoms with E-state index in [1.54, 1.807) is 24.3 Å². The quantitative estimate of drug-likeness (QED) is 0.120. The number of rotatable bonds is 19. The summed E-state index contributed by atoms with van der Waals surface area (Å²) < 4.78 is 43.3. The van der Waals surface area contributed by atoms with Gasteiger partial charge in [-0.05, 0) is 51.5 Å². The average molecular weight is 521 g/mol. The van der Waals surface area contributed by atoms with Gasteiger partial charge in [-0.25, -0.2) is 0 Å². The highest BCUT2D eigenvalue weighted by atomic mass is 16.7. The lowest BCUT2D eigenvalue weighted by atomic mass is 10.1. The van der Waals surface area contributed by atoms with E-state index in [-0.39, 0.29) is 50.0 Å². The summed E-state index contributed by atoms with van der Waals surface area (Å²) in [6.45, 7) is 9.29. The van der Waals surface area contributed by atoms with Gasteiger partial charge in [0.25, 0.3) is 0 Å². The van der Waals surface area contributed by atoms with Crippen molar-refractivity contribution in [3.8, 4) is 28.7 Å². The number of phenols is 1. The molecule has 0 atom stereocenters. The molecule has 1 N–H and O–H groups in total. The van der Waals surface area contributed by atoms with Crippen LogP contribution in [0.5, 0.6) is 28.7 Å². The molecule has 0 radical (unpaired) electrons. The molecule has 2 aromatic carbocycles. The fourth-order valence-electron chi connectivity index (χ4n) is 2.90. The molecule has 2 rings (SSSR count). The third kappa shape index (κ3) is 10.3. The standard InChI is InChI=1S/C27H36O10/c1-5-30-16-34-21-14-23(29)27(26(15-21)37-19-33-8-4)22(28)11-9-20-10-12-24(35-17-31-6-2)25(13-20)36-18-32-7-3/h9-15,29H,5-8,16-19H2,1-4H3. The molecule has 0 heterocycles. The van der Waals surface area contributed by atoms with E-state index in [2.05, 4.69) is 0 Å². The molecule has 0 amide bonds. The smallest absolute Gasteiger partial charge is 0.193 e. The van der Waals surface area contributed by atoms with Gasteiger partial charge >= 0.3 is 0 Å². The first-order chi connectivity index (χ1) is 18.0. The van der Waals surface area contributed by atoms with Gasteiger partial charge in [-0.1, -0.05) is 12.1 Å². The lowest BCUT2D eigenvalue weighted by Crippen LogP contribution is -2.08. The van der Waals surface area contributed by atoms with E-state index in [1.165, 1.54) is 18.2 Å². The topological polar surface area (TPSA) is 111 Å². The Bertz CT molecular complexity index is 989. The Morgan fingerprint density at radius 2 is 1.24 bits per heavy atom. The van der Waals surface area contributed by atoms with Crippen LogP contribution in [-0.2, 0) is 18.9 Å². The van der Waals surface area contributed by atoms with Crippen LogP contribution in [-0.4, -0.2) is 64.5 Å². The summed E-state index contributed by atoms with van der Waals surface area (Å²) in [6, 6.07) is 8.01. The molecule has 0 unspecified atom stereocenters. The largest absolute Gasteiger partial charge is 0.507 e. The molecule has 0 aliphatic carbocycles. The van der Waals surface area contributed by atoms with E-state index in [1.807, 2.05) is 27.7 Å². The number of aromatic hydroxyl groups is 1. The fraction of sp³-hybridized carbons (Fsp3) is 0.444. The van der Waals surface area contributed by atoms with Gasteiger partial charge in [0, 0.05) is 38.6 Å². The van der Waals surface area contributed by atoms with Crippen LogP contribution < -0.4 is 18.9 Å². The normalized spacial score (nSPS) is 11.0. The van der Waals surface area contributed by atoms with E-state index in [0.29, 0.717) is 43.5 Å². The van der Waals surface area contributed by atoms with Crippen LogP contribution in [0.1, 0.15) is 43.6 Å². The van der Waals surface area contributed by atoms with E-state index in [9.17, 15) is 9.90 Å². The molecule has 0 fully saturated rings. The third-order valence-corrected chi connectivity index (χ3v) is 4.71. The Balaban J connectivity index is 2.26. The zero-order valence-electron chi connectivity index (χ0n) is 21.8. The Morgan fingerprint density at radius 3 is 1.84 bits per heavy atom. The van der Waals surface area contributed by atoms with Crippen LogP contribution in [0, 0.1) is 0 Å². The first kappa shape index (κ1) is 29.9. The SMILES string of the molecule is CCOCOc1cc(O)c(C(=O)C=Cc2ccc(OCOCC)c(OCOCC)c2)c(OCOCC)c1. The van der Waals surface area contributed by atoms with Crippen LogP contribution in [0.3, 0.4) is 0 Å². The first-order valence-corrected chi connectivity index (χ1v) is 12.1. The van der Waals surface area contributed by atoms with Crippen molar-refractivity contribution in [3.05, 3.63) is 47.5 Å². The summed E-state index contributed by atoms with van der Waals surface area (Å²) in [4.78, 5) is 13.1. The van der Waals surface area contributed by atoms with Gasteiger partial charge in [0.15, 0.2) is 44.5 Å². The Morgan fingerprint density at radius 1 is 0.703 bits per heavy atom. The maximum Gasteiger partial charge on any atom is 0.193 e. The molecule has 204 valence electrons. The predicted octanol–water partition coefficient (Wildman–Crippen LogP) is 4.78. The van der Waals surface area contributed by atoms with Gasteiger partial charge in [0.05, 0.1) is 0 Å². The molecule has 0 bridgehead atoms. The number of carbonyl (C=O) groups is 1. The minimum Gasteiger partial charge on any atom is -0.507 e. The summed E-state index contributed by atoms with van der Waals surface area (Å²) in [6.07, 6.45) is 2.92. The number of ketones is 1. The number of allylic oxidation sites excluding steroid dienone is 1. The van der Waals surface area contributed by atoms with Crippen LogP contribution in [0.2, 0.25) is 0 Å². The van der Waals surface area contributed by atoms with Crippen molar-refractivity contribution in [2.45, 2.75) is 27.7 Å². The van der Waals surface area contributed by atoms with Gasteiger partial charge in [0.2, 0.25) is 0 Å². The van der Waals surface area contributed by atoms with E-state index >= 15 is 0 Å². The van der Waals surface area contributed by atoms with E-state index in [0.717, 1.165) is 0 Å². The molecule has 2 aromatic rings. The van der Waals surface area contributed by atoms with Crippen molar-refractivity contribution >= 4 is 11.9 Å². The van der Waals surface area contributed by atoms with Crippen molar-refractivity contribution in [1.82, 2.24) is 0 Å². The average Bonchev–Trinajstić information content (AvgIpc) is 2.88. The minimum atomic E-state index is -0.478. The Hall–Kier alpha value is -3.31. The highest BCUT2D eigenvalue weighted by Gasteiger charge is 2.19. The summed E-state index contributed by atoms with van der Waals surface area (Å²) in [5.41, 5.74) is 0.640. The van der Waals surface area contributed by atoms with Gasteiger partial charge in [-0.15, -0.1) is 0 Å². The van der Waals surface area contributed by atoms with Crippen molar-refractivity contribution < 1.29 is 47.8 Å². The molecule has 10 heteroatoms. The fourth-order valence-corrected chi connectivity index (χ4v) is 2.90. The lowest BCUT2D eigenvalue weighted by molar-refractivity contribution is 0.00605. The van der Waals surface area contributed by atoms with Gasteiger partial charge in [-0.2, -0.15) is 0 Å². The maximum absolute atomic E-state index is 13.1. The molecule has 0 spiro atoms. The summed E-state index contributed by atoms with van der Waals surface area (Å²) >= 11 is 0. The van der Waals surface area contributed by atoms with Crippen LogP contribution >= 0.6 is 0 Å². The lowest BCUT2D eigenvalue weighted by Gasteiger charge is -2.14. The molecule has 10 nitrogen and oxygen atoms in total. The Labute approximate surface area is 217 Å². The zero-order valence-corrected chi connectivity index (χ0v) is 21.8. The number of phenolic OH excluding ortho intramolecular Hbond substituents is 1. The predicted molar refractivity (Wildman–Crippen MR) is 136 cm³/mol. The number of hydrogen-bond acceptors (Lipinski definition) is 10.